The van der Waals surface area contributed by atoms with Crippen molar-refractivity contribution in [2.45, 2.75) is 13.5 Å². The van der Waals surface area contributed by atoms with Crippen LogP contribution < -0.4 is 0 Å². The van der Waals surface area contributed by atoms with E-state index in [2.05, 4.69) is 4.99 Å². The van der Waals surface area contributed by atoms with E-state index >= 15 is 0 Å². The molecular weight excluding hydrogens is 384 g/mol. The first-order valence-corrected chi connectivity index (χ1v) is 9.75. The standard InChI is InChI=1S/C22H22N4O4/c1-16-6-7-18(12-21(16)26(28)29)23-13-17-14-25(20-5-3-2-4-19(17)20)15-22(27)24-8-10-30-11-9-24/h2-7,12-14H,8-11,15H2,1H3. The number of carbonyl (C=O) groups excluding carboxylic acids is 1. The van der Waals surface area contributed by atoms with Crippen molar-refractivity contribution < 1.29 is 14.5 Å². The van der Waals surface area contributed by atoms with Crippen LogP contribution in [0.5, 0.6) is 0 Å². The average molecular weight is 406 g/mol. The van der Waals surface area contributed by atoms with Crippen molar-refractivity contribution in [3.8, 4) is 0 Å². The topological polar surface area (TPSA) is 90.0 Å². The number of ether oxygens (including phenoxy) is 1. The molecule has 2 heterocycles. The summed E-state index contributed by atoms with van der Waals surface area (Å²) in [6, 6.07) is 12.7. The summed E-state index contributed by atoms with van der Waals surface area (Å²) in [7, 11) is 0. The lowest BCUT2D eigenvalue weighted by molar-refractivity contribution is -0.385. The van der Waals surface area contributed by atoms with Gasteiger partial charge in [0.05, 0.1) is 23.8 Å². The summed E-state index contributed by atoms with van der Waals surface area (Å²) in [6.07, 6.45) is 3.58. The summed E-state index contributed by atoms with van der Waals surface area (Å²) >= 11 is 0. The third kappa shape index (κ3) is 4.08. The average Bonchev–Trinajstić information content (AvgIpc) is 3.11. The highest BCUT2D eigenvalue weighted by molar-refractivity contribution is 6.00. The molecule has 2 aromatic carbocycles. The van der Waals surface area contributed by atoms with Crippen LogP contribution in [0, 0.1) is 17.0 Å². The lowest BCUT2D eigenvalue weighted by atomic mass is 10.2. The molecule has 1 fully saturated rings. The number of aliphatic imine (C=N–C) groups is 1. The molecule has 0 unspecified atom stereocenters. The van der Waals surface area contributed by atoms with E-state index in [1.165, 1.54) is 6.07 Å². The Morgan fingerprint density at radius 2 is 2.00 bits per heavy atom. The maximum absolute atomic E-state index is 12.7. The molecule has 0 spiro atoms. The highest BCUT2D eigenvalue weighted by atomic mass is 16.6. The number of nitrogens with zero attached hydrogens (tertiary/aromatic N) is 4. The molecule has 8 heteroatoms. The fraction of sp³-hybridized carbons (Fsp3) is 0.273. The van der Waals surface area contributed by atoms with Gasteiger partial charge in [-0.2, -0.15) is 0 Å². The van der Waals surface area contributed by atoms with Gasteiger partial charge in [-0.15, -0.1) is 0 Å². The second-order valence-electron chi connectivity index (χ2n) is 7.21. The van der Waals surface area contributed by atoms with E-state index in [4.69, 9.17) is 4.74 Å². The smallest absolute Gasteiger partial charge is 0.274 e. The van der Waals surface area contributed by atoms with Gasteiger partial charge < -0.3 is 14.2 Å². The highest BCUT2D eigenvalue weighted by Gasteiger charge is 2.18. The van der Waals surface area contributed by atoms with E-state index < -0.39 is 4.92 Å². The number of hydrogen-bond acceptors (Lipinski definition) is 5. The molecule has 154 valence electrons. The van der Waals surface area contributed by atoms with Gasteiger partial charge in [-0.3, -0.25) is 19.9 Å². The fourth-order valence-corrected chi connectivity index (χ4v) is 3.59. The predicted molar refractivity (Wildman–Crippen MR) is 114 cm³/mol. The van der Waals surface area contributed by atoms with Gasteiger partial charge >= 0.3 is 0 Å². The van der Waals surface area contributed by atoms with Crippen molar-refractivity contribution in [1.82, 2.24) is 9.47 Å². The van der Waals surface area contributed by atoms with Crippen molar-refractivity contribution in [3.05, 3.63) is 69.9 Å². The summed E-state index contributed by atoms with van der Waals surface area (Å²) in [6.45, 7) is 4.30. The second-order valence-corrected chi connectivity index (χ2v) is 7.21. The lowest BCUT2D eigenvalue weighted by Gasteiger charge is -2.27. The summed E-state index contributed by atoms with van der Waals surface area (Å²) in [5.41, 5.74) is 2.94. The molecular formula is C22H22N4O4. The minimum absolute atomic E-state index is 0.0446. The summed E-state index contributed by atoms with van der Waals surface area (Å²) < 4.78 is 7.24. The van der Waals surface area contributed by atoms with Gasteiger partial charge in [-0.1, -0.05) is 24.3 Å². The SMILES string of the molecule is Cc1ccc(N=Cc2cn(CC(=O)N3CCOCC3)c3ccccc23)cc1[N+](=O)[O-]. The van der Waals surface area contributed by atoms with Gasteiger partial charge in [0.1, 0.15) is 6.54 Å². The first-order chi connectivity index (χ1) is 14.5. The zero-order valence-corrected chi connectivity index (χ0v) is 16.7. The minimum Gasteiger partial charge on any atom is -0.378 e. The lowest BCUT2D eigenvalue weighted by Crippen LogP contribution is -2.42. The summed E-state index contributed by atoms with van der Waals surface area (Å²) in [4.78, 5) is 29.7. The third-order valence-electron chi connectivity index (χ3n) is 5.23. The molecule has 0 aliphatic carbocycles. The summed E-state index contributed by atoms with van der Waals surface area (Å²) in [5.74, 6) is 0.0525. The monoisotopic (exact) mass is 406 g/mol. The molecule has 4 rings (SSSR count). The summed E-state index contributed by atoms with van der Waals surface area (Å²) in [5, 5.41) is 12.1. The molecule has 1 amide bonds. The number of hydrogen-bond donors (Lipinski definition) is 0. The maximum atomic E-state index is 12.7. The van der Waals surface area contributed by atoms with E-state index in [9.17, 15) is 14.9 Å². The van der Waals surface area contributed by atoms with E-state index in [0.29, 0.717) is 37.6 Å². The number of para-hydroxylation sites is 1. The van der Waals surface area contributed by atoms with Gasteiger partial charge in [-0.05, 0) is 19.1 Å². The number of nitro groups is 1. The molecule has 1 aliphatic rings. The van der Waals surface area contributed by atoms with E-state index in [0.717, 1.165) is 16.5 Å². The van der Waals surface area contributed by atoms with E-state index in [-0.39, 0.29) is 18.1 Å². The number of benzene rings is 2. The Balaban J connectivity index is 1.62. The Kier molecular flexibility index (Phi) is 5.58. The van der Waals surface area contributed by atoms with Crippen LogP contribution in [0.15, 0.2) is 53.7 Å². The molecule has 1 saturated heterocycles. The number of carbonyl (C=O) groups is 1. The predicted octanol–water partition coefficient (Wildman–Crippen LogP) is 3.47. The van der Waals surface area contributed by atoms with Crippen LogP contribution in [0.2, 0.25) is 0 Å². The zero-order valence-electron chi connectivity index (χ0n) is 16.7. The van der Waals surface area contributed by atoms with Crippen LogP contribution in [-0.2, 0) is 16.1 Å². The Hall–Kier alpha value is -3.52. The van der Waals surface area contributed by atoms with Crippen molar-refractivity contribution in [2.75, 3.05) is 26.3 Å². The first-order valence-electron chi connectivity index (χ1n) is 9.75. The number of nitro benzene ring substituents is 1. The number of amides is 1. The molecule has 0 saturated carbocycles. The molecule has 0 bridgehead atoms. The number of fused-ring (bicyclic) bond motifs is 1. The molecule has 1 aliphatic heterocycles. The quantitative estimate of drug-likeness (QED) is 0.369. The van der Waals surface area contributed by atoms with Crippen LogP contribution in [-0.4, -0.2) is 52.8 Å². The van der Waals surface area contributed by atoms with Crippen LogP contribution in [0.25, 0.3) is 10.9 Å². The molecule has 3 aromatic rings. The maximum Gasteiger partial charge on any atom is 0.274 e. The largest absolute Gasteiger partial charge is 0.378 e. The number of aromatic nitrogens is 1. The van der Waals surface area contributed by atoms with Gasteiger partial charge in [0, 0.05) is 53.6 Å². The third-order valence-corrected chi connectivity index (χ3v) is 5.23. The molecule has 30 heavy (non-hydrogen) atoms. The van der Waals surface area contributed by atoms with Crippen molar-refractivity contribution in [3.63, 3.8) is 0 Å². The Morgan fingerprint density at radius 1 is 1.23 bits per heavy atom. The number of aryl methyl sites for hydroxylation is 1. The molecule has 8 nitrogen and oxygen atoms in total. The highest BCUT2D eigenvalue weighted by Crippen LogP contribution is 2.25. The molecule has 1 aromatic heterocycles. The molecule has 0 radical (unpaired) electrons. The van der Waals surface area contributed by atoms with E-state index in [1.807, 2.05) is 39.9 Å². The van der Waals surface area contributed by atoms with Crippen molar-refractivity contribution in [1.29, 1.82) is 0 Å². The van der Waals surface area contributed by atoms with Gasteiger partial charge in [0.25, 0.3) is 5.69 Å². The number of morpholine rings is 1. The fourth-order valence-electron chi connectivity index (χ4n) is 3.59. The van der Waals surface area contributed by atoms with Gasteiger partial charge in [-0.25, -0.2) is 0 Å². The van der Waals surface area contributed by atoms with Crippen LogP contribution in [0.4, 0.5) is 11.4 Å². The normalized spacial score (nSPS) is 14.5. The van der Waals surface area contributed by atoms with E-state index in [1.54, 1.807) is 25.3 Å². The van der Waals surface area contributed by atoms with Crippen LogP contribution >= 0.6 is 0 Å². The van der Waals surface area contributed by atoms with Crippen LogP contribution in [0.3, 0.4) is 0 Å². The van der Waals surface area contributed by atoms with Crippen molar-refractivity contribution in [2.24, 2.45) is 4.99 Å². The van der Waals surface area contributed by atoms with Crippen LogP contribution in [0.1, 0.15) is 11.1 Å². The second kappa shape index (κ2) is 8.46. The Labute approximate surface area is 173 Å². The zero-order chi connectivity index (χ0) is 21.1. The molecule has 0 N–H and O–H groups in total. The minimum atomic E-state index is -0.405. The first kappa shape index (κ1) is 19.8. The number of rotatable bonds is 5. The Morgan fingerprint density at radius 3 is 2.77 bits per heavy atom. The Bertz CT molecular complexity index is 1130. The molecule has 0 atom stereocenters. The van der Waals surface area contributed by atoms with Gasteiger partial charge in [0.2, 0.25) is 5.91 Å². The van der Waals surface area contributed by atoms with Gasteiger partial charge in [0.15, 0.2) is 0 Å². The van der Waals surface area contributed by atoms with Crippen molar-refractivity contribution >= 4 is 34.4 Å².